The van der Waals surface area contributed by atoms with Crippen LogP contribution in [0.15, 0.2) is 12.1 Å². The van der Waals surface area contributed by atoms with Gasteiger partial charge in [-0.1, -0.05) is 15.9 Å². The van der Waals surface area contributed by atoms with E-state index in [-0.39, 0.29) is 11.1 Å². The van der Waals surface area contributed by atoms with E-state index in [1.54, 1.807) is 13.0 Å². The van der Waals surface area contributed by atoms with Crippen LogP contribution < -0.4 is 5.73 Å². The first-order chi connectivity index (χ1) is 6.60. The maximum Gasteiger partial charge on any atom is 0.174 e. The van der Waals surface area contributed by atoms with Crippen molar-refractivity contribution in [1.29, 1.82) is 5.26 Å². The third-order valence-electron chi connectivity index (χ3n) is 1.88. The van der Waals surface area contributed by atoms with Gasteiger partial charge in [0.1, 0.15) is 0 Å². The van der Waals surface area contributed by atoms with Crippen LogP contribution in [0.25, 0.3) is 0 Å². The summed E-state index contributed by atoms with van der Waals surface area (Å²) >= 11 is 3.08. The molecule has 0 aliphatic rings. The summed E-state index contributed by atoms with van der Waals surface area (Å²) in [5, 5.41) is 9.05. The van der Waals surface area contributed by atoms with E-state index in [0.29, 0.717) is 16.8 Å². The number of hydrogen-bond acceptors (Lipinski definition) is 3. The van der Waals surface area contributed by atoms with Crippen LogP contribution in [0.4, 0.5) is 5.69 Å². The van der Waals surface area contributed by atoms with Gasteiger partial charge in [0.15, 0.2) is 5.78 Å². The van der Waals surface area contributed by atoms with Crippen molar-refractivity contribution in [3.8, 4) is 6.07 Å². The molecule has 2 N–H and O–H groups in total. The van der Waals surface area contributed by atoms with Gasteiger partial charge in [0.2, 0.25) is 0 Å². The van der Waals surface area contributed by atoms with Crippen molar-refractivity contribution in [1.82, 2.24) is 0 Å². The van der Waals surface area contributed by atoms with Crippen LogP contribution in [0, 0.1) is 18.3 Å². The molecule has 0 aliphatic carbocycles. The van der Waals surface area contributed by atoms with Crippen LogP contribution in [0.5, 0.6) is 0 Å². The molecular weight excluding hydrogens is 244 g/mol. The second-order valence-electron chi connectivity index (χ2n) is 2.93. The topological polar surface area (TPSA) is 66.9 Å². The molecule has 1 rings (SSSR count). The van der Waals surface area contributed by atoms with Crippen LogP contribution in [-0.4, -0.2) is 11.1 Å². The highest BCUT2D eigenvalue weighted by atomic mass is 79.9. The Labute approximate surface area is 90.7 Å². The van der Waals surface area contributed by atoms with E-state index in [1.165, 1.54) is 6.07 Å². The lowest BCUT2D eigenvalue weighted by Gasteiger charge is -2.06. The molecule has 0 bridgehead atoms. The number of hydrogen-bond donors (Lipinski definition) is 1. The van der Waals surface area contributed by atoms with Crippen molar-refractivity contribution in [2.75, 3.05) is 11.1 Å². The number of nitrogens with two attached hydrogens (primary N) is 1. The smallest absolute Gasteiger partial charge is 0.174 e. The minimum Gasteiger partial charge on any atom is -0.399 e. The molecule has 0 saturated carbocycles. The van der Waals surface area contributed by atoms with Crippen LogP contribution in [0.1, 0.15) is 21.5 Å². The minimum atomic E-state index is -0.0981. The minimum absolute atomic E-state index is 0.0981. The van der Waals surface area contributed by atoms with Crippen molar-refractivity contribution < 1.29 is 4.79 Å². The van der Waals surface area contributed by atoms with E-state index in [9.17, 15) is 4.79 Å². The number of nitriles is 1. The van der Waals surface area contributed by atoms with Crippen molar-refractivity contribution in [2.45, 2.75) is 6.92 Å². The zero-order valence-electron chi connectivity index (χ0n) is 7.67. The standard InChI is InChI=1S/C10H9BrN2O/c1-6-2-8(13)3-7(5-12)10(6)9(14)4-11/h2-3H,4,13H2,1H3. The molecule has 0 aromatic heterocycles. The zero-order chi connectivity index (χ0) is 10.7. The molecule has 0 fully saturated rings. The normalized spacial score (nSPS) is 9.50. The summed E-state index contributed by atoms with van der Waals surface area (Å²) in [6.07, 6.45) is 0. The molecule has 4 heteroatoms. The molecule has 1 aromatic rings. The zero-order valence-corrected chi connectivity index (χ0v) is 9.26. The van der Waals surface area contributed by atoms with Crippen molar-refractivity contribution in [3.05, 3.63) is 28.8 Å². The Balaban J connectivity index is 3.42. The Morgan fingerprint density at radius 3 is 2.79 bits per heavy atom. The Morgan fingerprint density at radius 1 is 1.64 bits per heavy atom. The van der Waals surface area contributed by atoms with Gasteiger partial charge in [0.05, 0.1) is 17.0 Å². The molecule has 3 nitrogen and oxygen atoms in total. The lowest BCUT2D eigenvalue weighted by Crippen LogP contribution is -2.06. The van der Waals surface area contributed by atoms with Crippen LogP contribution in [-0.2, 0) is 0 Å². The molecule has 0 atom stereocenters. The lowest BCUT2D eigenvalue weighted by molar-refractivity contribution is 0.102. The summed E-state index contributed by atoms with van der Waals surface area (Å²) in [6, 6.07) is 5.18. The number of halogens is 1. The first-order valence-electron chi connectivity index (χ1n) is 3.99. The number of carbonyl (C=O) groups is 1. The second-order valence-corrected chi connectivity index (χ2v) is 3.49. The van der Waals surface area contributed by atoms with Crippen LogP contribution in [0.3, 0.4) is 0 Å². The summed E-state index contributed by atoms with van der Waals surface area (Å²) in [5.41, 5.74) is 7.61. The summed E-state index contributed by atoms with van der Waals surface area (Å²) in [7, 11) is 0. The Hall–Kier alpha value is -1.34. The second kappa shape index (κ2) is 4.25. The van der Waals surface area contributed by atoms with E-state index < -0.39 is 0 Å². The molecular formula is C10H9BrN2O. The van der Waals surface area contributed by atoms with Gasteiger partial charge in [0, 0.05) is 11.3 Å². The highest BCUT2D eigenvalue weighted by Gasteiger charge is 2.13. The quantitative estimate of drug-likeness (QED) is 0.498. The fourth-order valence-corrected chi connectivity index (χ4v) is 1.62. The van der Waals surface area contributed by atoms with Crippen molar-refractivity contribution >= 4 is 27.4 Å². The monoisotopic (exact) mass is 252 g/mol. The molecule has 72 valence electrons. The number of rotatable bonds is 2. The number of carbonyl (C=O) groups excluding carboxylic acids is 1. The fourth-order valence-electron chi connectivity index (χ4n) is 1.34. The number of nitrogens with zero attached hydrogens (tertiary/aromatic N) is 1. The van der Waals surface area contributed by atoms with Crippen molar-refractivity contribution in [3.63, 3.8) is 0 Å². The molecule has 14 heavy (non-hydrogen) atoms. The Morgan fingerprint density at radius 2 is 2.29 bits per heavy atom. The molecule has 0 amide bonds. The van der Waals surface area contributed by atoms with Gasteiger partial charge < -0.3 is 5.73 Å². The highest BCUT2D eigenvalue weighted by molar-refractivity contribution is 9.09. The molecule has 0 aliphatic heterocycles. The van der Waals surface area contributed by atoms with E-state index >= 15 is 0 Å². The molecule has 0 saturated heterocycles. The number of ketones is 1. The van der Waals surface area contributed by atoms with Crippen molar-refractivity contribution in [2.24, 2.45) is 0 Å². The largest absolute Gasteiger partial charge is 0.399 e. The fraction of sp³-hybridized carbons (Fsp3) is 0.200. The Kier molecular flexibility index (Phi) is 3.26. The average Bonchev–Trinajstić information content (AvgIpc) is 2.15. The van der Waals surface area contributed by atoms with Gasteiger partial charge >= 0.3 is 0 Å². The molecule has 0 heterocycles. The van der Waals surface area contributed by atoms with Gasteiger partial charge in [-0.25, -0.2) is 0 Å². The molecule has 0 unspecified atom stereocenters. The van der Waals surface area contributed by atoms with Gasteiger partial charge in [-0.15, -0.1) is 0 Å². The Bertz CT molecular complexity index is 421. The van der Waals surface area contributed by atoms with Gasteiger partial charge in [-0.2, -0.15) is 5.26 Å². The molecule has 0 spiro atoms. The summed E-state index contributed by atoms with van der Waals surface area (Å²) < 4.78 is 0. The molecule has 1 aromatic carbocycles. The number of Topliss-reactive ketones (excluding diaryl/α,β-unsaturated/α-hetero) is 1. The van der Waals surface area contributed by atoms with Gasteiger partial charge in [-0.3, -0.25) is 4.79 Å². The van der Waals surface area contributed by atoms with E-state index in [0.717, 1.165) is 5.56 Å². The third-order valence-corrected chi connectivity index (χ3v) is 2.39. The predicted octanol–water partition coefficient (Wildman–Crippen LogP) is 2.03. The maximum absolute atomic E-state index is 11.5. The van der Waals surface area contributed by atoms with Gasteiger partial charge in [-0.05, 0) is 24.6 Å². The first-order valence-corrected chi connectivity index (χ1v) is 5.11. The maximum atomic E-state index is 11.5. The van der Waals surface area contributed by atoms with Crippen LogP contribution in [0.2, 0.25) is 0 Å². The highest BCUT2D eigenvalue weighted by Crippen LogP contribution is 2.19. The molecule has 0 radical (unpaired) electrons. The predicted molar refractivity (Wildman–Crippen MR) is 58.4 cm³/mol. The number of nitrogen functional groups attached to an aromatic ring is 1. The number of aryl methyl sites for hydroxylation is 1. The first kappa shape index (κ1) is 10.7. The van der Waals surface area contributed by atoms with E-state index in [1.807, 2.05) is 6.07 Å². The van der Waals surface area contributed by atoms with Gasteiger partial charge in [0.25, 0.3) is 0 Å². The number of alkyl halides is 1. The third kappa shape index (κ3) is 1.94. The number of anilines is 1. The summed E-state index contributed by atoms with van der Waals surface area (Å²) in [6.45, 7) is 1.77. The van der Waals surface area contributed by atoms with E-state index in [4.69, 9.17) is 11.0 Å². The SMILES string of the molecule is Cc1cc(N)cc(C#N)c1C(=O)CBr. The lowest BCUT2D eigenvalue weighted by atomic mass is 9.99. The number of benzene rings is 1. The summed E-state index contributed by atoms with van der Waals surface area (Å²) in [5.74, 6) is -0.0981. The van der Waals surface area contributed by atoms with E-state index in [2.05, 4.69) is 15.9 Å². The van der Waals surface area contributed by atoms with Crippen LogP contribution >= 0.6 is 15.9 Å². The average molecular weight is 253 g/mol. The summed E-state index contributed by atoms with van der Waals surface area (Å²) in [4.78, 5) is 11.5.